The molecule has 3 nitrogen and oxygen atoms in total. The molecule has 0 saturated carbocycles. The third-order valence-electron chi connectivity index (χ3n) is 3.27. The molecule has 1 aromatic heterocycles. The third-order valence-corrected chi connectivity index (χ3v) is 3.51. The van der Waals surface area contributed by atoms with Crippen LogP contribution in [-0.4, -0.2) is 14.8 Å². The van der Waals surface area contributed by atoms with Crippen LogP contribution in [0.25, 0.3) is 17.1 Å². The average molecular weight is 284 g/mol. The molecule has 0 unspecified atom stereocenters. The van der Waals surface area contributed by atoms with Crippen LogP contribution in [0.15, 0.2) is 54.6 Å². The van der Waals surface area contributed by atoms with Gasteiger partial charge in [-0.15, -0.1) is 10.2 Å². The number of benzene rings is 2. The Morgan fingerprint density at radius 1 is 0.950 bits per heavy atom. The lowest BCUT2D eigenvalue weighted by Gasteiger charge is -2.12. The van der Waals surface area contributed by atoms with Gasteiger partial charge in [0.2, 0.25) is 5.28 Å². The van der Waals surface area contributed by atoms with E-state index in [1.54, 1.807) is 0 Å². The maximum atomic E-state index is 6.25. The monoisotopic (exact) mass is 283 g/mol. The zero-order chi connectivity index (χ0) is 13.9. The van der Waals surface area contributed by atoms with Crippen LogP contribution in [-0.2, 0) is 6.42 Å². The molecular weight excluding hydrogens is 270 g/mol. The van der Waals surface area contributed by atoms with Crippen molar-refractivity contribution in [1.82, 2.24) is 14.8 Å². The van der Waals surface area contributed by atoms with Gasteiger partial charge in [0.15, 0.2) is 5.82 Å². The maximum absolute atomic E-state index is 6.25. The zero-order valence-electron chi connectivity index (χ0n) is 11.1. The summed E-state index contributed by atoms with van der Waals surface area (Å²) >= 11 is 6.25. The topological polar surface area (TPSA) is 30.7 Å². The predicted octanol–water partition coefficient (Wildman–Crippen LogP) is 4.15. The molecule has 1 heterocycles. The Labute approximate surface area is 122 Å². The van der Waals surface area contributed by atoms with E-state index in [0.29, 0.717) is 5.28 Å². The molecule has 4 heteroatoms. The van der Waals surface area contributed by atoms with Crippen LogP contribution in [0.4, 0.5) is 0 Å². The molecule has 0 aliphatic rings. The van der Waals surface area contributed by atoms with Crippen molar-refractivity contribution in [3.63, 3.8) is 0 Å². The molecule has 0 spiro atoms. The summed E-state index contributed by atoms with van der Waals surface area (Å²) in [6.07, 6.45) is 0.929. The molecule has 0 radical (unpaired) electrons. The van der Waals surface area contributed by atoms with Crippen molar-refractivity contribution >= 4 is 11.6 Å². The highest BCUT2D eigenvalue weighted by molar-refractivity contribution is 6.28. The van der Waals surface area contributed by atoms with Gasteiger partial charge >= 0.3 is 0 Å². The zero-order valence-corrected chi connectivity index (χ0v) is 11.9. The summed E-state index contributed by atoms with van der Waals surface area (Å²) < 4.78 is 1.90. The van der Waals surface area contributed by atoms with Crippen LogP contribution in [0.5, 0.6) is 0 Å². The molecule has 0 N–H and O–H groups in total. The average Bonchev–Trinajstić information content (AvgIpc) is 2.89. The fourth-order valence-corrected chi connectivity index (χ4v) is 2.49. The lowest BCUT2D eigenvalue weighted by atomic mass is 10.1. The molecule has 2 aromatic carbocycles. The van der Waals surface area contributed by atoms with E-state index >= 15 is 0 Å². The Kier molecular flexibility index (Phi) is 3.52. The minimum Gasteiger partial charge on any atom is -0.265 e. The summed E-state index contributed by atoms with van der Waals surface area (Å²) in [5.41, 5.74) is 3.24. The largest absolute Gasteiger partial charge is 0.265 e. The molecule has 0 saturated heterocycles. The molecule has 0 bridgehead atoms. The van der Waals surface area contributed by atoms with E-state index < -0.39 is 0 Å². The Morgan fingerprint density at radius 2 is 1.65 bits per heavy atom. The molecule has 3 aromatic rings. The summed E-state index contributed by atoms with van der Waals surface area (Å²) in [5.74, 6) is 0.761. The van der Waals surface area contributed by atoms with Gasteiger partial charge in [0, 0.05) is 5.56 Å². The summed E-state index contributed by atoms with van der Waals surface area (Å²) in [6, 6.07) is 18.1. The normalized spacial score (nSPS) is 10.7. The van der Waals surface area contributed by atoms with E-state index in [9.17, 15) is 0 Å². The van der Waals surface area contributed by atoms with Crippen LogP contribution in [0.1, 0.15) is 12.5 Å². The summed E-state index contributed by atoms with van der Waals surface area (Å²) in [5, 5.41) is 8.62. The predicted molar refractivity (Wildman–Crippen MR) is 81.2 cm³/mol. The third kappa shape index (κ3) is 2.21. The number of hydrogen-bond acceptors (Lipinski definition) is 2. The van der Waals surface area contributed by atoms with Gasteiger partial charge in [-0.1, -0.05) is 55.5 Å². The van der Waals surface area contributed by atoms with Gasteiger partial charge in [-0.2, -0.15) is 0 Å². The number of hydrogen-bond donors (Lipinski definition) is 0. The van der Waals surface area contributed by atoms with Gasteiger partial charge in [-0.25, -0.2) is 0 Å². The van der Waals surface area contributed by atoms with Crippen molar-refractivity contribution in [1.29, 1.82) is 0 Å². The quantitative estimate of drug-likeness (QED) is 0.723. The number of aromatic nitrogens is 3. The van der Waals surface area contributed by atoms with E-state index in [1.807, 2.05) is 53.1 Å². The van der Waals surface area contributed by atoms with Crippen LogP contribution in [0.2, 0.25) is 5.28 Å². The Balaban J connectivity index is 2.22. The first-order chi connectivity index (χ1) is 9.81. The molecule has 3 rings (SSSR count). The number of rotatable bonds is 3. The van der Waals surface area contributed by atoms with Gasteiger partial charge in [-0.05, 0) is 29.7 Å². The standard InChI is InChI=1S/C16H14ClN3/c1-2-12-8-6-7-11-14(12)20-15(18-19-16(20)17)13-9-4-3-5-10-13/h3-11H,2H2,1H3. The van der Waals surface area contributed by atoms with Crippen LogP contribution >= 0.6 is 11.6 Å². The molecule has 20 heavy (non-hydrogen) atoms. The lowest BCUT2D eigenvalue weighted by molar-refractivity contribution is 1.01. The second-order valence-corrected chi connectivity index (χ2v) is 4.81. The minimum absolute atomic E-state index is 0.379. The number of para-hydroxylation sites is 1. The molecule has 0 aliphatic heterocycles. The molecular formula is C16H14ClN3. The van der Waals surface area contributed by atoms with E-state index in [4.69, 9.17) is 11.6 Å². The van der Waals surface area contributed by atoms with Crippen molar-refractivity contribution in [3.05, 3.63) is 65.4 Å². The molecule has 0 atom stereocenters. The van der Waals surface area contributed by atoms with Crippen LogP contribution in [0.3, 0.4) is 0 Å². The SMILES string of the molecule is CCc1ccccc1-n1c(Cl)nnc1-c1ccccc1. The summed E-state index contributed by atoms with van der Waals surface area (Å²) in [4.78, 5) is 0. The fraction of sp³-hybridized carbons (Fsp3) is 0.125. The first kappa shape index (κ1) is 12.9. The Bertz CT molecular complexity index is 720. The second-order valence-electron chi connectivity index (χ2n) is 4.48. The number of halogens is 1. The number of nitrogens with zero attached hydrogens (tertiary/aromatic N) is 3. The first-order valence-corrected chi connectivity index (χ1v) is 6.93. The van der Waals surface area contributed by atoms with Crippen molar-refractivity contribution in [2.45, 2.75) is 13.3 Å². The second kappa shape index (κ2) is 5.47. The molecule has 0 amide bonds. The van der Waals surface area contributed by atoms with E-state index in [1.165, 1.54) is 5.56 Å². The number of aryl methyl sites for hydroxylation is 1. The molecule has 100 valence electrons. The van der Waals surface area contributed by atoms with Crippen molar-refractivity contribution in [2.75, 3.05) is 0 Å². The van der Waals surface area contributed by atoms with Gasteiger partial charge in [0.05, 0.1) is 5.69 Å². The minimum atomic E-state index is 0.379. The van der Waals surface area contributed by atoms with Gasteiger partial charge in [0.25, 0.3) is 0 Å². The van der Waals surface area contributed by atoms with Crippen LogP contribution < -0.4 is 0 Å². The van der Waals surface area contributed by atoms with E-state index in [0.717, 1.165) is 23.5 Å². The van der Waals surface area contributed by atoms with Crippen molar-refractivity contribution in [3.8, 4) is 17.1 Å². The maximum Gasteiger partial charge on any atom is 0.229 e. The van der Waals surface area contributed by atoms with Crippen molar-refractivity contribution < 1.29 is 0 Å². The lowest BCUT2D eigenvalue weighted by Crippen LogP contribution is -2.01. The van der Waals surface area contributed by atoms with E-state index in [-0.39, 0.29) is 0 Å². The highest BCUT2D eigenvalue weighted by atomic mass is 35.5. The van der Waals surface area contributed by atoms with Crippen molar-refractivity contribution in [2.24, 2.45) is 0 Å². The molecule has 0 aliphatic carbocycles. The highest BCUT2D eigenvalue weighted by Crippen LogP contribution is 2.27. The summed E-state index contributed by atoms with van der Waals surface area (Å²) in [7, 11) is 0. The van der Waals surface area contributed by atoms with Gasteiger partial charge < -0.3 is 0 Å². The Morgan fingerprint density at radius 3 is 2.40 bits per heavy atom. The fourth-order valence-electron chi connectivity index (χ4n) is 2.28. The van der Waals surface area contributed by atoms with Crippen LogP contribution in [0, 0.1) is 0 Å². The van der Waals surface area contributed by atoms with E-state index in [2.05, 4.69) is 23.2 Å². The summed E-state index contributed by atoms with van der Waals surface area (Å²) in [6.45, 7) is 2.12. The Hall–Kier alpha value is -2.13. The molecule has 0 fully saturated rings. The van der Waals surface area contributed by atoms with Gasteiger partial charge in [0.1, 0.15) is 0 Å². The smallest absolute Gasteiger partial charge is 0.229 e. The van der Waals surface area contributed by atoms with Gasteiger partial charge in [-0.3, -0.25) is 4.57 Å². The highest BCUT2D eigenvalue weighted by Gasteiger charge is 2.15. The first-order valence-electron chi connectivity index (χ1n) is 6.56.